The molecule has 0 N–H and O–H groups in total. The molecular formula is C6H11ClO. The van der Waals surface area contributed by atoms with Crippen LogP contribution >= 0.6 is 11.6 Å². The lowest BCUT2D eigenvalue weighted by molar-refractivity contribution is 0.226. The van der Waals surface area contributed by atoms with Crippen LogP contribution in [0, 0.1) is 0 Å². The van der Waals surface area contributed by atoms with Gasteiger partial charge in [0.05, 0.1) is 6.61 Å². The first-order valence-corrected chi connectivity index (χ1v) is 3.05. The predicted octanol–water partition coefficient (Wildman–Crippen LogP) is 1.82. The van der Waals surface area contributed by atoms with Crippen molar-refractivity contribution in [3.63, 3.8) is 0 Å². The molecule has 0 fully saturated rings. The molecule has 0 aliphatic carbocycles. The summed E-state index contributed by atoms with van der Waals surface area (Å²) in [7, 11) is 1.67. The summed E-state index contributed by atoms with van der Waals surface area (Å²) in [5, 5.41) is 0. The summed E-state index contributed by atoms with van der Waals surface area (Å²) >= 11 is 5.40. The first-order valence-electron chi connectivity index (χ1n) is 2.51. The minimum Gasteiger partial charge on any atom is -0.380 e. The van der Waals surface area contributed by atoms with Crippen molar-refractivity contribution in [2.45, 2.75) is 6.92 Å². The van der Waals surface area contributed by atoms with Crippen molar-refractivity contribution in [2.75, 3.05) is 19.6 Å². The molecule has 0 rings (SSSR count). The standard InChI is InChI=1S/C6H11ClO/c1-6(3-4-7)5-8-2/h3H,4-5H2,1-2H3/b6-3+. The molecule has 0 aromatic heterocycles. The van der Waals surface area contributed by atoms with Gasteiger partial charge in [0.2, 0.25) is 0 Å². The molecule has 0 aromatic carbocycles. The number of methoxy groups -OCH3 is 1. The summed E-state index contributed by atoms with van der Waals surface area (Å²) in [5.74, 6) is 0.579. The molecule has 2 heteroatoms. The second kappa shape index (κ2) is 5.13. The molecule has 0 aliphatic rings. The lowest BCUT2D eigenvalue weighted by Crippen LogP contribution is -1.89. The topological polar surface area (TPSA) is 9.23 Å². The number of rotatable bonds is 3. The van der Waals surface area contributed by atoms with Gasteiger partial charge in [0.25, 0.3) is 0 Å². The molecule has 48 valence electrons. The number of ether oxygens (including phenoxy) is 1. The SMILES string of the molecule is COC/C(C)=C/CCl. The maximum absolute atomic E-state index is 5.40. The highest BCUT2D eigenvalue weighted by Crippen LogP contribution is 1.92. The first kappa shape index (κ1) is 7.99. The van der Waals surface area contributed by atoms with Gasteiger partial charge in [-0.05, 0) is 6.92 Å². The maximum atomic E-state index is 5.40. The number of halogens is 1. The van der Waals surface area contributed by atoms with Gasteiger partial charge < -0.3 is 4.74 Å². The molecule has 0 saturated heterocycles. The Morgan fingerprint density at radius 3 is 2.75 bits per heavy atom. The molecule has 0 unspecified atom stereocenters. The van der Waals surface area contributed by atoms with Crippen LogP contribution in [-0.4, -0.2) is 19.6 Å². The van der Waals surface area contributed by atoms with Gasteiger partial charge in [0.1, 0.15) is 0 Å². The van der Waals surface area contributed by atoms with E-state index in [0.29, 0.717) is 12.5 Å². The fourth-order valence-corrected chi connectivity index (χ4v) is 0.682. The normalized spacial score (nSPS) is 12.1. The van der Waals surface area contributed by atoms with Crippen LogP contribution < -0.4 is 0 Å². The van der Waals surface area contributed by atoms with Crippen molar-refractivity contribution in [1.29, 1.82) is 0 Å². The zero-order chi connectivity index (χ0) is 6.41. The third-order valence-corrected chi connectivity index (χ3v) is 0.952. The van der Waals surface area contributed by atoms with Crippen molar-refractivity contribution < 1.29 is 4.74 Å². The first-order chi connectivity index (χ1) is 3.81. The smallest absolute Gasteiger partial charge is 0.0670 e. The zero-order valence-electron chi connectivity index (χ0n) is 5.28. The van der Waals surface area contributed by atoms with Crippen LogP contribution in [0.1, 0.15) is 6.92 Å². The number of hydrogen-bond donors (Lipinski definition) is 0. The minimum absolute atomic E-state index is 0.579. The molecule has 1 nitrogen and oxygen atoms in total. The Morgan fingerprint density at radius 1 is 1.75 bits per heavy atom. The van der Waals surface area contributed by atoms with E-state index in [-0.39, 0.29) is 0 Å². The summed E-state index contributed by atoms with van der Waals surface area (Å²) in [6.07, 6.45) is 1.94. The predicted molar refractivity (Wildman–Crippen MR) is 36.4 cm³/mol. The van der Waals surface area contributed by atoms with E-state index in [0.717, 1.165) is 0 Å². The van der Waals surface area contributed by atoms with E-state index < -0.39 is 0 Å². The third kappa shape index (κ3) is 4.16. The molecule has 0 aromatic rings. The Morgan fingerprint density at radius 2 is 2.38 bits per heavy atom. The van der Waals surface area contributed by atoms with Gasteiger partial charge >= 0.3 is 0 Å². The van der Waals surface area contributed by atoms with Crippen LogP contribution in [-0.2, 0) is 4.74 Å². The Labute approximate surface area is 55.3 Å². The molecule has 0 radical (unpaired) electrons. The van der Waals surface area contributed by atoms with Crippen LogP contribution in [0.3, 0.4) is 0 Å². The van der Waals surface area contributed by atoms with E-state index >= 15 is 0 Å². The monoisotopic (exact) mass is 134 g/mol. The van der Waals surface area contributed by atoms with Crippen LogP contribution in [0.15, 0.2) is 11.6 Å². The summed E-state index contributed by atoms with van der Waals surface area (Å²) in [4.78, 5) is 0. The van der Waals surface area contributed by atoms with E-state index in [4.69, 9.17) is 16.3 Å². The van der Waals surface area contributed by atoms with E-state index in [1.165, 1.54) is 5.57 Å². The zero-order valence-corrected chi connectivity index (χ0v) is 6.03. The molecular weight excluding hydrogens is 124 g/mol. The lowest BCUT2D eigenvalue weighted by atomic mass is 10.3. The molecule has 8 heavy (non-hydrogen) atoms. The second-order valence-electron chi connectivity index (χ2n) is 1.64. The van der Waals surface area contributed by atoms with Gasteiger partial charge in [0, 0.05) is 13.0 Å². The molecule has 0 saturated carbocycles. The maximum Gasteiger partial charge on any atom is 0.0670 e. The highest BCUT2D eigenvalue weighted by atomic mass is 35.5. The van der Waals surface area contributed by atoms with E-state index in [1.54, 1.807) is 7.11 Å². The number of alkyl halides is 1. The molecule has 0 bridgehead atoms. The van der Waals surface area contributed by atoms with Crippen LogP contribution in [0.25, 0.3) is 0 Å². The quantitative estimate of drug-likeness (QED) is 0.423. The average molecular weight is 135 g/mol. The van der Waals surface area contributed by atoms with Crippen molar-refractivity contribution in [3.05, 3.63) is 11.6 Å². The van der Waals surface area contributed by atoms with Gasteiger partial charge in [-0.2, -0.15) is 0 Å². The highest BCUT2D eigenvalue weighted by molar-refractivity contribution is 6.18. The van der Waals surface area contributed by atoms with Crippen LogP contribution in [0.2, 0.25) is 0 Å². The Kier molecular flexibility index (Phi) is 5.13. The molecule has 0 aliphatic heterocycles. The fourth-order valence-electron chi connectivity index (χ4n) is 0.418. The van der Waals surface area contributed by atoms with Gasteiger partial charge in [-0.25, -0.2) is 0 Å². The third-order valence-electron chi connectivity index (χ3n) is 0.798. The summed E-state index contributed by atoms with van der Waals surface area (Å²) in [5.41, 5.74) is 1.18. The second-order valence-corrected chi connectivity index (χ2v) is 1.95. The number of allylic oxidation sites excluding steroid dienone is 1. The molecule has 0 heterocycles. The highest BCUT2D eigenvalue weighted by Gasteiger charge is 1.82. The molecule has 0 spiro atoms. The number of hydrogen-bond acceptors (Lipinski definition) is 1. The lowest BCUT2D eigenvalue weighted by Gasteiger charge is -1.94. The largest absolute Gasteiger partial charge is 0.380 e. The minimum atomic E-state index is 0.579. The van der Waals surface area contributed by atoms with E-state index in [9.17, 15) is 0 Å². The van der Waals surface area contributed by atoms with Gasteiger partial charge in [0.15, 0.2) is 0 Å². The van der Waals surface area contributed by atoms with Crippen molar-refractivity contribution in [3.8, 4) is 0 Å². The summed E-state index contributed by atoms with van der Waals surface area (Å²) < 4.78 is 4.83. The average Bonchev–Trinajstić information content (AvgIpc) is 1.68. The van der Waals surface area contributed by atoms with Gasteiger partial charge in [-0.1, -0.05) is 11.6 Å². The van der Waals surface area contributed by atoms with Gasteiger partial charge in [-0.15, -0.1) is 11.6 Å². The van der Waals surface area contributed by atoms with Crippen LogP contribution in [0.5, 0.6) is 0 Å². The summed E-state index contributed by atoms with van der Waals surface area (Å²) in [6.45, 7) is 2.68. The summed E-state index contributed by atoms with van der Waals surface area (Å²) in [6, 6.07) is 0. The fraction of sp³-hybridized carbons (Fsp3) is 0.667. The Bertz CT molecular complexity index is 78.6. The van der Waals surface area contributed by atoms with E-state index in [1.807, 2.05) is 13.0 Å². The Balaban J connectivity index is 3.29. The van der Waals surface area contributed by atoms with E-state index in [2.05, 4.69) is 0 Å². The van der Waals surface area contributed by atoms with Crippen molar-refractivity contribution >= 4 is 11.6 Å². The molecule has 0 amide bonds. The molecule has 0 atom stereocenters. The van der Waals surface area contributed by atoms with Crippen molar-refractivity contribution in [1.82, 2.24) is 0 Å². The van der Waals surface area contributed by atoms with Crippen molar-refractivity contribution in [2.24, 2.45) is 0 Å². The van der Waals surface area contributed by atoms with Crippen LogP contribution in [0.4, 0.5) is 0 Å². The Hall–Kier alpha value is -0.0100. The van der Waals surface area contributed by atoms with Gasteiger partial charge in [-0.3, -0.25) is 0 Å².